The quantitative estimate of drug-likeness (QED) is 0.383. The molecule has 0 aliphatic carbocycles. The maximum atomic E-state index is 14.6. The number of aryl methyl sites for hydroxylation is 1. The van der Waals surface area contributed by atoms with Gasteiger partial charge in [-0.05, 0) is 30.2 Å². The third-order valence-corrected chi connectivity index (χ3v) is 4.12. The molecule has 6 heteroatoms. The zero-order chi connectivity index (χ0) is 18.7. The monoisotopic (exact) mass is 349 g/mol. The highest BCUT2D eigenvalue weighted by Gasteiger charge is 2.13. The van der Waals surface area contributed by atoms with E-state index in [4.69, 9.17) is 17.2 Å². The molecule has 3 rings (SSSR count). The third kappa shape index (κ3) is 3.35. The normalized spacial score (nSPS) is 11.9. The van der Waals surface area contributed by atoms with Gasteiger partial charge in [0.05, 0.1) is 11.4 Å². The minimum Gasteiger partial charge on any atom is -0.396 e. The maximum absolute atomic E-state index is 14.6. The molecule has 1 aromatic heterocycles. The Morgan fingerprint density at radius 1 is 1.04 bits per heavy atom. The predicted molar refractivity (Wildman–Crippen MR) is 104 cm³/mol. The first-order valence-electron chi connectivity index (χ1n) is 8.23. The summed E-state index contributed by atoms with van der Waals surface area (Å²) in [5.74, 6) is -0.558. The molecule has 132 valence electrons. The summed E-state index contributed by atoms with van der Waals surface area (Å²) < 4.78 is 14.6. The lowest BCUT2D eigenvalue weighted by Gasteiger charge is -2.12. The molecule has 1 heterocycles. The van der Waals surface area contributed by atoms with E-state index in [0.717, 1.165) is 22.9 Å². The number of rotatable bonds is 4. The molecule has 0 unspecified atom stereocenters. The van der Waals surface area contributed by atoms with Crippen molar-refractivity contribution in [2.45, 2.75) is 13.3 Å². The average molecular weight is 349 g/mol. The van der Waals surface area contributed by atoms with Crippen molar-refractivity contribution >= 4 is 28.3 Å². The first kappa shape index (κ1) is 17.4. The van der Waals surface area contributed by atoms with Crippen molar-refractivity contribution in [1.82, 2.24) is 4.98 Å². The van der Waals surface area contributed by atoms with Gasteiger partial charge >= 0.3 is 0 Å². The number of nitrogens with two attached hydrogens (primary N) is 3. The topological polar surface area (TPSA) is 103 Å². The van der Waals surface area contributed by atoms with Gasteiger partial charge < -0.3 is 17.2 Å². The number of aliphatic imine (C=N–C) groups is 1. The fourth-order valence-corrected chi connectivity index (χ4v) is 2.87. The van der Waals surface area contributed by atoms with Crippen LogP contribution in [0.5, 0.6) is 0 Å². The van der Waals surface area contributed by atoms with E-state index in [-0.39, 0.29) is 11.7 Å². The first-order valence-corrected chi connectivity index (χ1v) is 8.23. The molecule has 6 N–H and O–H groups in total. The Hall–Kier alpha value is -3.41. The summed E-state index contributed by atoms with van der Waals surface area (Å²) in [5, 5.41) is 0.727. The second kappa shape index (κ2) is 7.23. The van der Waals surface area contributed by atoms with Crippen molar-refractivity contribution in [3.8, 4) is 0 Å². The molecule has 0 atom stereocenters. The Bertz CT molecular complexity index is 1010. The summed E-state index contributed by atoms with van der Waals surface area (Å²) >= 11 is 0. The Labute approximate surface area is 151 Å². The van der Waals surface area contributed by atoms with Crippen LogP contribution in [0.3, 0.4) is 0 Å². The van der Waals surface area contributed by atoms with Crippen molar-refractivity contribution in [3.05, 3.63) is 77.2 Å². The number of pyridine rings is 1. The molecule has 3 aromatic rings. The largest absolute Gasteiger partial charge is 0.396 e. The van der Waals surface area contributed by atoms with Crippen molar-refractivity contribution in [2.75, 3.05) is 0 Å². The molecule has 0 bridgehead atoms. The van der Waals surface area contributed by atoms with E-state index in [2.05, 4.69) is 9.98 Å². The fraction of sp³-hybridized carbons (Fsp3) is 0.100. The number of fused-ring (bicyclic) bond motifs is 1. The smallest absolute Gasteiger partial charge is 0.191 e. The van der Waals surface area contributed by atoms with Crippen LogP contribution in [0.15, 0.2) is 59.7 Å². The standard InChI is InChI=1S/C20H20FN5/c1-2-12-8-9-25-19-15(12)10-14(11-16(19)21)17(22)18(26-20(23)24)13-6-4-3-5-7-13/h3-11H,2,22H2,1H3,(H4,23,24,26)/b18-17-. The van der Waals surface area contributed by atoms with Gasteiger partial charge in [-0.3, -0.25) is 4.98 Å². The highest BCUT2D eigenvalue weighted by molar-refractivity contribution is 5.96. The summed E-state index contributed by atoms with van der Waals surface area (Å²) in [6.45, 7) is 2.01. The Morgan fingerprint density at radius 2 is 1.77 bits per heavy atom. The molecule has 26 heavy (non-hydrogen) atoms. The lowest BCUT2D eigenvalue weighted by Crippen LogP contribution is -2.23. The van der Waals surface area contributed by atoms with Crippen LogP contribution in [0.2, 0.25) is 0 Å². The van der Waals surface area contributed by atoms with E-state index < -0.39 is 5.82 Å². The fourth-order valence-electron chi connectivity index (χ4n) is 2.87. The molecule has 0 saturated carbocycles. The van der Waals surface area contributed by atoms with E-state index >= 15 is 0 Å². The Morgan fingerprint density at radius 3 is 2.42 bits per heavy atom. The average Bonchev–Trinajstić information content (AvgIpc) is 2.65. The number of benzene rings is 2. The Balaban J connectivity index is 2.28. The van der Waals surface area contributed by atoms with Gasteiger partial charge in [0.15, 0.2) is 5.96 Å². The second-order valence-corrected chi connectivity index (χ2v) is 5.84. The van der Waals surface area contributed by atoms with Gasteiger partial charge in [0, 0.05) is 22.7 Å². The molecular weight excluding hydrogens is 329 g/mol. The highest BCUT2D eigenvalue weighted by atomic mass is 19.1. The van der Waals surface area contributed by atoms with Crippen molar-refractivity contribution in [3.63, 3.8) is 0 Å². The molecule has 0 aliphatic rings. The van der Waals surface area contributed by atoms with Crippen LogP contribution in [0.1, 0.15) is 23.6 Å². The summed E-state index contributed by atoms with van der Waals surface area (Å²) in [5.41, 5.74) is 20.7. The van der Waals surface area contributed by atoms with Crippen molar-refractivity contribution in [1.29, 1.82) is 0 Å². The van der Waals surface area contributed by atoms with Crippen molar-refractivity contribution in [2.24, 2.45) is 22.2 Å². The number of halogens is 1. The first-order chi connectivity index (χ1) is 12.5. The van der Waals surface area contributed by atoms with Crippen LogP contribution in [0.4, 0.5) is 4.39 Å². The van der Waals surface area contributed by atoms with Gasteiger partial charge in [0.25, 0.3) is 0 Å². The summed E-state index contributed by atoms with van der Waals surface area (Å²) in [4.78, 5) is 8.31. The van der Waals surface area contributed by atoms with Gasteiger partial charge in [-0.2, -0.15) is 0 Å². The SMILES string of the molecule is CCc1ccnc2c(F)cc(/C(N)=C(/N=C(N)N)c3ccccc3)cc12. The van der Waals surface area contributed by atoms with Gasteiger partial charge in [-0.1, -0.05) is 37.3 Å². The number of aromatic nitrogens is 1. The van der Waals surface area contributed by atoms with Crippen LogP contribution >= 0.6 is 0 Å². The zero-order valence-electron chi connectivity index (χ0n) is 14.4. The second-order valence-electron chi connectivity index (χ2n) is 5.84. The number of guanidine groups is 1. The van der Waals surface area contributed by atoms with Crippen LogP contribution < -0.4 is 17.2 Å². The lowest BCUT2D eigenvalue weighted by molar-refractivity contribution is 0.636. The maximum Gasteiger partial charge on any atom is 0.191 e. The number of hydrogen-bond acceptors (Lipinski definition) is 3. The minimum absolute atomic E-state index is 0.121. The predicted octanol–water partition coefficient (Wildman–Crippen LogP) is 2.99. The number of nitrogens with zero attached hydrogens (tertiary/aromatic N) is 2. The molecule has 0 saturated heterocycles. The number of hydrogen-bond donors (Lipinski definition) is 3. The molecule has 2 aromatic carbocycles. The molecule has 0 aliphatic heterocycles. The van der Waals surface area contributed by atoms with Gasteiger partial charge in [-0.25, -0.2) is 9.38 Å². The Kier molecular flexibility index (Phi) is 4.84. The van der Waals surface area contributed by atoms with E-state index in [1.54, 1.807) is 6.20 Å². The molecule has 0 radical (unpaired) electrons. The summed E-state index contributed by atoms with van der Waals surface area (Å²) in [6.07, 6.45) is 2.36. The van der Waals surface area contributed by atoms with Gasteiger partial charge in [0.2, 0.25) is 0 Å². The van der Waals surface area contributed by atoms with E-state index in [9.17, 15) is 4.39 Å². The van der Waals surface area contributed by atoms with Crippen molar-refractivity contribution < 1.29 is 4.39 Å². The van der Waals surface area contributed by atoms with Gasteiger partial charge in [-0.15, -0.1) is 0 Å². The van der Waals surface area contributed by atoms with E-state index in [0.29, 0.717) is 16.8 Å². The lowest BCUT2D eigenvalue weighted by atomic mass is 10.0. The molecular formula is C20H20FN5. The highest BCUT2D eigenvalue weighted by Crippen LogP contribution is 2.28. The molecule has 0 amide bonds. The molecule has 0 spiro atoms. The molecule has 5 nitrogen and oxygen atoms in total. The van der Waals surface area contributed by atoms with Crippen LogP contribution in [-0.2, 0) is 6.42 Å². The van der Waals surface area contributed by atoms with Gasteiger partial charge in [0.1, 0.15) is 11.3 Å². The third-order valence-electron chi connectivity index (χ3n) is 4.12. The van der Waals surface area contributed by atoms with Crippen LogP contribution in [-0.4, -0.2) is 10.9 Å². The van der Waals surface area contributed by atoms with E-state index in [1.807, 2.05) is 49.4 Å². The van der Waals surface area contributed by atoms with E-state index in [1.165, 1.54) is 6.07 Å². The summed E-state index contributed by atoms with van der Waals surface area (Å²) in [6, 6.07) is 14.3. The molecule has 0 fully saturated rings. The zero-order valence-corrected chi connectivity index (χ0v) is 14.4. The van der Waals surface area contributed by atoms with Crippen LogP contribution in [0, 0.1) is 5.82 Å². The summed E-state index contributed by atoms with van der Waals surface area (Å²) in [7, 11) is 0. The van der Waals surface area contributed by atoms with Crippen LogP contribution in [0.25, 0.3) is 22.3 Å². The minimum atomic E-state index is -0.437.